The summed E-state index contributed by atoms with van der Waals surface area (Å²) in [6.07, 6.45) is 4.69. The predicted octanol–water partition coefficient (Wildman–Crippen LogP) is 2.07. The lowest BCUT2D eigenvalue weighted by atomic mass is 10.1. The van der Waals surface area contributed by atoms with E-state index in [2.05, 4.69) is 19.2 Å². The molecule has 2 N–H and O–H groups in total. The van der Waals surface area contributed by atoms with Crippen LogP contribution in [0.4, 0.5) is 0 Å². The van der Waals surface area contributed by atoms with E-state index in [1.165, 1.54) is 19.3 Å². The lowest BCUT2D eigenvalue weighted by molar-refractivity contribution is -0.138. The van der Waals surface area contributed by atoms with Crippen LogP contribution >= 0.6 is 11.8 Å². The topological polar surface area (TPSA) is 49.3 Å². The van der Waals surface area contributed by atoms with E-state index in [1.807, 2.05) is 0 Å². The Labute approximate surface area is 89.6 Å². The van der Waals surface area contributed by atoms with Crippen molar-refractivity contribution in [3.63, 3.8) is 0 Å². The first-order valence-corrected chi connectivity index (χ1v) is 6.20. The molecule has 0 saturated carbocycles. The van der Waals surface area contributed by atoms with Gasteiger partial charge in [-0.3, -0.25) is 10.1 Å². The van der Waals surface area contributed by atoms with Crippen LogP contribution in [-0.4, -0.2) is 27.7 Å². The zero-order valence-electron chi connectivity index (χ0n) is 8.88. The van der Waals surface area contributed by atoms with Crippen LogP contribution < -0.4 is 5.32 Å². The van der Waals surface area contributed by atoms with E-state index in [0.717, 1.165) is 6.42 Å². The van der Waals surface area contributed by atoms with Crippen molar-refractivity contribution < 1.29 is 9.90 Å². The second-order valence-electron chi connectivity index (χ2n) is 4.03. The summed E-state index contributed by atoms with van der Waals surface area (Å²) in [7, 11) is 0. The van der Waals surface area contributed by atoms with Crippen LogP contribution in [0.25, 0.3) is 0 Å². The maximum atomic E-state index is 10.7. The average molecular weight is 217 g/mol. The molecule has 0 aliphatic carbocycles. The predicted molar refractivity (Wildman–Crippen MR) is 59.6 cm³/mol. The van der Waals surface area contributed by atoms with Gasteiger partial charge in [0.15, 0.2) is 0 Å². The monoisotopic (exact) mass is 217 g/mol. The highest BCUT2D eigenvalue weighted by molar-refractivity contribution is 8.00. The van der Waals surface area contributed by atoms with Crippen LogP contribution in [0.1, 0.15) is 39.5 Å². The van der Waals surface area contributed by atoms with Crippen LogP contribution in [0.15, 0.2) is 0 Å². The van der Waals surface area contributed by atoms with E-state index in [-0.39, 0.29) is 10.9 Å². The minimum Gasteiger partial charge on any atom is -0.480 e. The Bertz CT molecular complexity index is 210. The molecular weight excluding hydrogens is 198 g/mol. The van der Waals surface area contributed by atoms with E-state index in [0.29, 0.717) is 5.75 Å². The van der Waals surface area contributed by atoms with Crippen LogP contribution in [0, 0.1) is 0 Å². The Balaban J connectivity index is 2.33. The first-order chi connectivity index (χ1) is 6.57. The largest absolute Gasteiger partial charge is 0.480 e. The molecule has 4 heteroatoms. The number of rotatable bonds is 5. The number of hydrogen-bond acceptors (Lipinski definition) is 3. The van der Waals surface area contributed by atoms with Crippen molar-refractivity contribution in [1.29, 1.82) is 0 Å². The summed E-state index contributed by atoms with van der Waals surface area (Å²) in [5, 5.41) is 12.0. The summed E-state index contributed by atoms with van der Waals surface area (Å²) in [6, 6.07) is -0.355. The van der Waals surface area contributed by atoms with Gasteiger partial charge in [-0.25, -0.2) is 0 Å². The van der Waals surface area contributed by atoms with Crippen molar-refractivity contribution in [3.8, 4) is 0 Å². The number of thioether (sulfide) groups is 1. The number of hydrogen-bond donors (Lipinski definition) is 2. The van der Waals surface area contributed by atoms with Gasteiger partial charge in [0.1, 0.15) is 6.04 Å². The summed E-state index contributed by atoms with van der Waals surface area (Å²) < 4.78 is 0. The number of carboxylic acid groups (broad SMARTS) is 1. The fourth-order valence-corrected chi connectivity index (χ4v) is 2.98. The molecule has 0 spiro atoms. The molecule has 1 heterocycles. The molecule has 1 rings (SSSR count). The molecule has 2 unspecified atom stereocenters. The van der Waals surface area contributed by atoms with Crippen molar-refractivity contribution in [1.82, 2.24) is 5.32 Å². The van der Waals surface area contributed by atoms with Gasteiger partial charge in [0.25, 0.3) is 0 Å². The summed E-state index contributed by atoms with van der Waals surface area (Å²) in [5.74, 6) is -0.0328. The summed E-state index contributed by atoms with van der Waals surface area (Å²) >= 11 is 1.74. The quantitative estimate of drug-likeness (QED) is 0.692. The van der Waals surface area contributed by atoms with Gasteiger partial charge >= 0.3 is 5.97 Å². The number of unbranched alkanes of at least 4 members (excludes halogenated alkanes) is 2. The summed E-state index contributed by atoms with van der Waals surface area (Å²) in [4.78, 5) is 10.7. The van der Waals surface area contributed by atoms with Crippen molar-refractivity contribution in [3.05, 3.63) is 0 Å². The van der Waals surface area contributed by atoms with Gasteiger partial charge in [-0.2, -0.15) is 0 Å². The highest BCUT2D eigenvalue weighted by atomic mass is 32.2. The third-order valence-electron chi connectivity index (χ3n) is 2.60. The third-order valence-corrected chi connectivity index (χ3v) is 4.06. The second-order valence-corrected chi connectivity index (χ2v) is 5.56. The zero-order chi connectivity index (χ0) is 10.6. The van der Waals surface area contributed by atoms with Gasteiger partial charge < -0.3 is 5.11 Å². The maximum Gasteiger partial charge on any atom is 0.321 e. The summed E-state index contributed by atoms with van der Waals surface area (Å²) in [6.45, 7) is 4.29. The van der Waals surface area contributed by atoms with Crippen molar-refractivity contribution in [2.24, 2.45) is 0 Å². The molecule has 82 valence electrons. The molecule has 0 aromatic heterocycles. The molecule has 3 nitrogen and oxygen atoms in total. The normalized spacial score (nSPS) is 32.0. The molecule has 1 saturated heterocycles. The third kappa shape index (κ3) is 3.17. The Hall–Kier alpha value is -0.220. The number of carboxylic acids is 1. The fraction of sp³-hybridized carbons (Fsp3) is 0.900. The maximum absolute atomic E-state index is 10.7. The number of carbonyl (C=O) groups is 1. The molecule has 1 fully saturated rings. The standard InChI is InChI=1S/C10H19NO2S/c1-3-4-5-6-10(2)11-8(7-14-10)9(12)13/h8,11H,3-7H2,1-2H3,(H,12,13). The van der Waals surface area contributed by atoms with E-state index in [1.54, 1.807) is 11.8 Å². The molecule has 0 bridgehead atoms. The van der Waals surface area contributed by atoms with Crippen molar-refractivity contribution >= 4 is 17.7 Å². The molecule has 1 aliphatic rings. The summed E-state index contributed by atoms with van der Waals surface area (Å²) in [5.41, 5.74) is 0. The van der Waals surface area contributed by atoms with Gasteiger partial charge in [-0.1, -0.05) is 26.2 Å². The van der Waals surface area contributed by atoms with Crippen molar-refractivity contribution in [2.75, 3.05) is 5.75 Å². The van der Waals surface area contributed by atoms with E-state index in [4.69, 9.17) is 5.11 Å². The lowest BCUT2D eigenvalue weighted by Crippen LogP contribution is -2.43. The van der Waals surface area contributed by atoms with Crippen LogP contribution in [0.3, 0.4) is 0 Å². The van der Waals surface area contributed by atoms with Crippen molar-refractivity contribution in [2.45, 2.75) is 50.4 Å². The molecule has 0 radical (unpaired) electrons. The number of nitrogens with one attached hydrogen (secondary N) is 1. The Kier molecular flexibility index (Phi) is 4.26. The van der Waals surface area contributed by atoms with Crippen LogP contribution in [0.5, 0.6) is 0 Å². The molecule has 0 aromatic rings. The smallest absolute Gasteiger partial charge is 0.321 e. The minimum atomic E-state index is -0.725. The minimum absolute atomic E-state index is 0.0156. The van der Waals surface area contributed by atoms with Gasteiger partial charge in [0.2, 0.25) is 0 Å². The van der Waals surface area contributed by atoms with Crippen LogP contribution in [-0.2, 0) is 4.79 Å². The first-order valence-electron chi connectivity index (χ1n) is 5.22. The molecule has 1 aliphatic heterocycles. The second kappa shape index (κ2) is 5.03. The van der Waals surface area contributed by atoms with E-state index >= 15 is 0 Å². The van der Waals surface area contributed by atoms with Gasteiger partial charge in [0, 0.05) is 5.75 Å². The fourth-order valence-electron chi connectivity index (χ4n) is 1.71. The average Bonchev–Trinajstić information content (AvgIpc) is 2.49. The molecule has 0 aromatic carbocycles. The van der Waals surface area contributed by atoms with E-state index in [9.17, 15) is 4.79 Å². The Morgan fingerprint density at radius 3 is 2.86 bits per heavy atom. The highest BCUT2D eigenvalue weighted by Crippen LogP contribution is 2.34. The van der Waals surface area contributed by atoms with Crippen LogP contribution in [0.2, 0.25) is 0 Å². The number of aliphatic carboxylic acids is 1. The Morgan fingerprint density at radius 2 is 2.36 bits per heavy atom. The van der Waals surface area contributed by atoms with E-state index < -0.39 is 5.97 Å². The molecule has 0 amide bonds. The van der Waals surface area contributed by atoms with Gasteiger partial charge in [0.05, 0.1) is 4.87 Å². The highest BCUT2D eigenvalue weighted by Gasteiger charge is 2.37. The van der Waals surface area contributed by atoms with Gasteiger partial charge in [-0.15, -0.1) is 11.8 Å². The molecule has 2 atom stereocenters. The first kappa shape index (κ1) is 11.9. The Morgan fingerprint density at radius 1 is 1.64 bits per heavy atom. The SMILES string of the molecule is CCCCCC1(C)NC(C(=O)O)CS1. The van der Waals surface area contributed by atoms with Gasteiger partial charge in [-0.05, 0) is 13.3 Å². The molecular formula is C10H19NO2S. The zero-order valence-corrected chi connectivity index (χ0v) is 9.69. The molecule has 14 heavy (non-hydrogen) atoms. The lowest BCUT2D eigenvalue weighted by Gasteiger charge is -2.23.